The van der Waals surface area contributed by atoms with E-state index < -0.39 is 13.7 Å². The summed E-state index contributed by atoms with van der Waals surface area (Å²) in [7, 11) is 0. The smallest absolute Gasteiger partial charge is 0.304 e. The molecule has 382 valence electrons. The van der Waals surface area contributed by atoms with Gasteiger partial charge in [-0.25, -0.2) is 0 Å². The molecule has 0 fully saturated rings. The van der Waals surface area contributed by atoms with Crippen molar-refractivity contribution in [3.05, 3.63) is 297 Å². The topological polar surface area (TPSA) is 38.7 Å². The molecule has 0 amide bonds. The molecule has 0 saturated carbocycles. The normalized spacial score (nSPS) is 12.6. The van der Waals surface area contributed by atoms with E-state index in [0.717, 1.165) is 72.3 Å². The first-order valence-corrected chi connectivity index (χ1v) is 26.6. The van der Waals surface area contributed by atoms with Crippen molar-refractivity contribution >= 4 is 32.3 Å². The molecule has 3 nitrogen and oxygen atoms in total. The van der Waals surface area contributed by atoms with Crippen LogP contribution in [0.4, 0.5) is 0 Å². The average molecular weight is 1220 g/mol. The Morgan fingerprint density at radius 2 is 0.617 bits per heavy atom. The van der Waals surface area contributed by atoms with E-state index in [9.17, 15) is 0 Å². The minimum absolute atomic E-state index is 0. The van der Waals surface area contributed by atoms with Crippen molar-refractivity contribution in [1.82, 2.24) is 15.0 Å². The van der Waals surface area contributed by atoms with Crippen LogP contribution in [0.15, 0.2) is 267 Å². The molecule has 81 heavy (non-hydrogen) atoms. The Morgan fingerprint density at radius 3 is 1.02 bits per heavy atom. The molecule has 0 spiro atoms. The Bertz CT molecular complexity index is 4710. The van der Waals surface area contributed by atoms with Crippen molar-refractivity contribution in [2.75, 3.05) is 0 Å². The van der Waals surface area contributed by atoms with Crippen molar-refractivity contribution in [3.8, 4) is 112 Å². The van der Waals surface area contributed by atoms with Crippen molar-refractivity contribution in [2.45, 2.75) is 13.7 Å². The van der Waals surface area contributed by atoms with Crippen LogP contribution >= 0.6 is 0 Å². The third kappa shape index (κ3) is 9.55. The monoisotopic (exact) mass is 1220 g/mol. The van der Waals surface area contributed by atoms with Gasteiger partial charge in [-0.15, -0.1) is 108 Å². The third-order valence-electron chi connectivity index (χ3n) is 15.2. The molecule has 14 aromatic rings. The molecule has 0 aliphatic carbocycles. The van der Waals surface area contributed by atoms with Crippen molar-refractivity contribution in [1.29, 1.82) is 0 Å². The molecule has 0 N–H and O–H groups in total. The summed E-state index contributed by atoms with van der Waals surface area (Å²) in [5, 5.41) is 7.06. The molecule has 3 aromatic heterocycles. The number of pyridine rings is 3. The first-order chi connectivity index (χ1) is 41.9. The van der Waals surface area contributed by atoms with Crippen molar-refractivity contribution in [2.24, 2.45) is 0 Å². The molecule has 0 saturated heterocycles. The second-order valence-corrected chi connectivity index (χ2v) is 20.0. The van der Waals surface area contributed by atoms with E-state index in [1.165, 1.54) is 26.9 Å². The molecule has 14 rings (SSSR count). The molecule has 11 aromatic carbocycles. The minimum atomic E-state index is -2.51. The van der Waals surface area contributed by atoms with E-state index in [4.69, 9.17) is 23.2 Å². The summed E-state index contributed by atoms with van der Waals surface area (Å²) in [4.78, 5) is 14.9. The van der Waals surface area contributed by atoms with Gasteiger partial charge in [-0.2, -0.15) is 0 Å². The summed E-state index contributed by atoms with van der Waals surface area (Å²) >= 11 is 0. The van der Waals surface area contributed by atoms with Gasteiger partial charge in [-0.3, -0.25) is 0 Å². The Kier molecular flexibility index (Phi) is 11.9. The average Bonchev–Trinajstić information content (AvgIpc) is 1.00. The van der Waals surface area contributed by atoms with Crippen LogP contribution in [0.25, 0.3) is 144 Å². The van der Waals surface area contributed by atoms with Gasteiger partial charge in [0, 0.05) is 43.5 Å². The van der Waals surface area contributed by atoms with Crippen LogP contribution in [0.3, 0.4) is 0 Å². The Morgan fingerprint density at radius 1 is 0.272 bits per heavy atom. The third-order valence-corrected chi connectivity index (χ3v) is 15.2. The van der Waals surface area contributed by atoms with Crippen LogP contribution in [0, 0.1) is 31.9 Å². The molecular formula is C77H50IrN3. The maximum atomic E-state index is 8.91. The van der Waals surface area contributed by atoms with Crippen molar-refractivity contribution < 1.29 is 28.3 Å². The van der Waals surface area contributed by atoms with E-state index >= 15 is 0 Å². The zero-order valence-corrected chi connectivity index (χ0v) is 46.0. The van der Waals surface area contributed by atoms with Gasteiger partial charge in [0.2, 0.25) is 0 Å². The van der Waals surface area contributed by atoms with E-state index in [2.05, 4.69) is 127 Å². The van der Waals surface area contributed by atoms with Gasteiger partial charge in [-0.1, -0.05) is 152 Å². The molecule has 3 heterocycles. The summed E-state index contributed by atoms with van der Waals surface area (Å²) in [5.41, 5.74) is 15.4. The van der Waals surface area contributed by atoms with Gasteiger partial charge >= 0.3 is 20.1 Å². The zero-order chi connectivity index (χ0) is 58.5. The van der Waals surface area contributed by atoms with Crippen LogP contribution in [-0.2, 0) is 20.1 Å². The quantitative estimate of drug-likeness (QED) is 0.101. The number of nitrogens with zero attached hydrogens (tertiary/aromatic N) is 3. The standard InChI is InChI=1S/C77H50N3.Ir/c1-50-40-75(52-22-6-3-7-23-52)78-47-72(50)62-31-15-12-28-59(62)56-42-57(60-29-13-16-32-63(60)73-48-79-76(41-51(73)2)53-24-8-4-9-25-53)44-58(43-56)61-30-14-17-33-64(61)74-49-80-77(54-26-10-5-11-27-54)46-70(74)55-38-39-69-67-36-19-18-34-65(67)66-35-20-21-37-68(66)71(69)45-55;/h3-22,24,26,28-49H,1-2H3;/q-3;+3/i1D3,2D3;. The van der Waals surface area contributed by atoms with Crippen LogP contribution in [0.2, 0.25) is 0 Å². The number of hydrogen-bond donors (Lipinski definition) is 0. The number of aromatic nitrogens is 3. The number of fused-ring (bicyclic) bond motifs is 6. The second-order valence-electron chi connectivity index (χ2n) is 20.0. The molecule has 0 aliphatic rings. The van der Waals surface area contributed by atoms with Crippen LogP contribution < -0.4 is 0 Å². The SMILES string of the molecule is [2H]C([2H])([2H])c1cc(-c2[c-]cccc2)ncc1-c1ccccc1-c1cc(-c2ccccc2-c2cnc(-c3[c-]cccc3)cc2-c2ccc3c4ccccc4c4ccccc4c3c2)cc(-c2ccccc2-c2cnc(-c3[c-]cccc3)cc2C([2H])([2H])[2H])c1.[Ir+3]. The molecule has 0 bridgehead atoms. The van der Waals surface area contributed by atoms with Crippen LogP contribution in [-0.4, -0.2) is 15.0 Å². The van der Waals surface area contributed by atoms with Gasteiger partial charge < -0.3 is 15.0 Å². The largest absolute Gasteiger partial charge is 3.00 e. The summed E-state index contributed by atoms with van der Waals surface area (Å²) < 4.78 is 53.5. The summed E-state index contributed by atoms with van der Waals surface area (Å²) in [5.74, 6) is 0. The fourth-order valence-corrected chi connectivity index (χ4v) is 11.4. The summed E-state index contributed by atoms with van der Waals surface area (Å²) in [6, 6.07) is 92.5. The number of aryl methyl sites for hydroxylation is 2. The molecule has 0 unspecified atom stereocenters. The fraction of sp³-hybridized carbons (Fsp3) is 0.0260. The first kappa shape index (κ1) is 44.2. The Hall–Kier alpha value is -9.70. The van der Waals surface area contributed by atoms with Gasteiger partial charge in [-0.05, 0) is 160 Å². The van der Waals surface area contributed by atoms with E-state index in [1.807, 2.05) is 121 Å². The molecule has 0 radical (unpaired) electrons. The first-order valence-electron chi connectivity index (χ1n) is 29.6. The number of hydrogen-bond acceptors (Lipinski definition) is 3. The molecule has 0 aliphatic heterocycles. The number of benzene rings is 11. The molecular weight excluding hydrogens is 1160 g/mol. The van der Waals surface area contributed by atoms with E-state index in [-0.39, 0.29) is 31.2 Å². The van der Waals surface area contributed by atoms with Gasteiger partial charge in [0.1, 0.15) is 0 Å². The number of rotatable bonds is 10. The van der Waals surface area contributed by atoms with Crippen molar-refractivity contribution in [3.63, 3.8) is 0 Å². The zero-order valence-electron chi connectivity index (χ0n) is 49.6. The predicted molar refractivity (Wildman–Crippen MR) is 333 cm³/mol. The maximum absolute atomic E-state index is 8.91. The second kappa shape index (κ2) is 21.9. The van der Waals surface area contributed by atoms with E-state index in [0.29, 0.717) is 44.8 Å². The van der Waals surface area contributed by atoms with Gasteiger partial charge in [0.25, 0.3) is 0 Å². The predicted octanol–water partition coefficient (Wildman–Crippen LogP) is 20.0. The Labute approximate surface area is 494 Å². The summed E-state index contributed by atoms with van der Waals surface area (Å²) in [6.45, 7) is -5.01. The van der Waals surface area contributed by atoms with Gasteiger partial charge in [0.15, 0.2) is 0 Å². The maximum Gasteiger partial charge on any atom is 3.00 e. The fourth-order valence-electron chi connectivity index (χ4n) is 11.4. The van der Waals surface area contributed by atoms with Crippen LogP contribution in [0.5, 0.6) is 0 Å². The van der Waals surface area contributed by atoms with E-state index in [1.54, 1.807) is 36.7 Å². The summed E-state index contributed by atoms with van der Waals surface area (Å²) in [6.07, 6.45) is 5.30. The van der Waals surface area contributed by atoms with Crippen LogP contribution in [0.1, 0.15) is 19.4 Å². The minimum Gasteiger partial charge on any atom is -0.304 e. The van der Waals surface area contributed by atoms with Gasteiger partial charge in [0.05, 0.1) is 0 Å². The molecule has 4 heteroatoms. The molecule has 0 atom stereocenters. The Balaban J connectivity index is 0.00000700.